The molecular formula is C32H46O. The van der Waals surface area contributed by atoms with Crippen LogP contribution in [0.15, 0.2) is 42.5 Å². The molecule has 2 saturated carbocycles. The van der Waals surface area contributed by atoms with Gasteiger partial charge in [-0.3, -0.25) is 0 Å². The van der Waals surface area contributed by atoms with Crippen LogP contribution in [0.25, 0.3) is 11.1 Å². The van der Waals surface area contributed by atoms with Crippen LogP contribution in [0.1, 0.15) is 119 Å². The predicted molar refractivity (Wildman–Crippen MR) is 142 cm³/mol. The van der Waals surface area contributed by atoms with Gasteiger partial charge >= 0.3 is 0 Å². The van der Waals surface area contributed by atoms with Crippen molar-refractivity contribution in [2.75, 3.05) is 6.61 Å². The third kappa shape index (κ3) is 6.50. The van der Waals surface area contributed by atoms with Crippen LogP contribution in [0.3, 0.4) is 0 Å². The molecule has 2 aromatic carbocycles. The van der Waals surface area contributed by atoms with Crippen LogP contribution in [0, 0.1) is 11.8 Å². The summed E-state index contributed by atoms with van der Waals surface area (Å²) >= 11 is 0. The van der Waals surface area contributed by atoms with Gasteiger partial charge in [-0.2, -0.15) is 0 Å². The Morgan fingerprint density at radius 1 is 0.758 bits per heavy atom. The lowest BCUT2D eigenvalue weighted by Crippen LogP contribution is -2.14. The fourth-order valence-electron chi connectivity index (χ4n) is 6.47. The van der Waals surface area contributed by atoms with E-state index in [0.717, 1.165) is 24.2 Å². The van der Waals surface area contributed by atoms with Gasteiger partial charge in [-0.05, 0) is 96.4 Å². The molecule has 2 aliphatic carbocycles. The average Bonchev–Trinajstić information content (AvgIpc) is 2.85. The zero-order chi connectivity index (χ0) is 23.0. The molecule has 0 saturated heterocycles. The van der Waals surface area contributed by atoms with Crippen molar-refractivity contribution in [3.8, 4) is 11.1 Å². The normalized spacial score (nSPS) is 25.8. The maximum Gasteiger partial charge on any atom is 0.0471 e. The molecule has 1 heteroatoms. The molecule has 0 aromatic heterocycles. The summed E-state index contributed by atoms with van der Waals surface area (Å²) in [6.45, 7) is 4.92. The molecule has 1 N–H and O–H groups in total. The van der Waals surface area contributed by atoms with Crippen molar-refractivity contribution in [2.45, 2.75) is 109 Å². The number of benzene rings is 2. The quantitative estimate of drug-likeness (QED) is 0.381. The van der Waals surface area contributed by atoms with Gasteiger partial charge in [-0.15, -0.1) is 0 Å². The van der Waals surface area contributed by atoms with Crippen molar-refractivity contribution in [2.24, 2.45) is 11.8 Å². The minimum atomic E-state index is 0.221. The Hall–Kier alpha value is -1.60. The number of unbranched alkanes of at least 4 members (excludes halogenated alkanes) is 2. The highest BCUT2D eigenvalue weighted by molar-refractivity contribution is 5.68. The lowest BCUT2D eigenvalue weighted by Gasteiger charge is -2.29. The summed E-state index contributed by atoms with van der Waals surface area (Å²) in [5.74, 6) is 3.30. The molecule has 0 amide bonds. The Balaban J connectivity index is 1.43. The van der Waals surface area contributed by atoms with Gasteiger partial charge in [0.2, 0.25) is 0 Å². The van der Waals surface area contributed by atoms with Crippen molar-refractivity contribution in [1.29, 1.82) is 0 Å². The Bertz CT molecular complexity index is 835. The van der Waals surface area contributed by atoms with E-state index in [4.69, 9.17) is 0 Å². The molecule has 2 aromatic rings. The van der Waals surface area contributed by atoms with Gasteiger partial charge in [0.25, 0.3) is 0 Å². The zero-order valence-electron chi connectivity index (χ0n) is 21.2. The first-order valence-corrected chi connectivity index (χ1v) is 14.0. The molecule has 0 aliphatic heterocycles. The van der Waals surface area contributed by atoms with E-state index in [1.807, 2.05) is 0 Å². The second-order valence-electron chi connectivity index (χ2n) is 11.2. The van der Waals surface area contributed by atoms with E-state index in [1.165, 1.54) is 105 Å². The Labute approximate surface area is 203 Å². The van der Waals surface area contributed by atoms with Gasteiger partial charge in [0.05, 0.1) is 0 Å². The van der Waals surface area contributed by atoms with Gasteiger partial charge in [0, 0.05) is 6.61 Å². The molecule has 180 valence electrons. The number of rotatable bonds is 9. The number of hydrogen-bond acceptors (Lipinski definition) is 1. The fraction of sp³-hybridized carbons (Fsp3) is 0.625. The smallest absolute Gasteiger partial charge is 0.0471 e. The van der Waals surface area contributed by atoms with Crippen LogP contribution in [0.2, 0.25) is 0 Å². The Morgan fingerprint density at radius 3 is 2.06 bits per heavy atom. The molecule has 0 atom stereocenters. The van der Waals surface area contributed by atoms with Crippen LogP contribution < -0.4 is 0 Å². The third-order valence-corrected chi connectivity index (χ3v) is 8.75. The third-order valence-electron chi connectivity index (χ3n) is 8.75. The van der Waals surface area contributed by atoms with E-state index in [-0.39, 0.29) is 6.61 Å². The van der Waals surface area contributed by atoms with Crippen molar-refractivity contribution in [3.05, 3.63) is 59.2 Å². The molecule has 0 radical (unpaired) electrons. The molecule has 0 unspecified atom stereocenters. The summed E-state index contributed by atoms with van der Waals surface area (Å²) in [6, 6.07) is 16.5. The van der Waals surface area contributed by atoms with Gasteiger partial charge in [-0.25, -0.2) is 0 Å². The van der Waals surface area contributed by atoms with E-state index in [0.29, 0.717) is 5.92 Å². The van der Waals surface area contributed by atoms with Gasteiger partial charge in [0.15, 0.2) is 0 Å². The van der Waals surface area contributed by atoms with Crippen molar-refractivity contribution >= 4 is 0 Å². The SMILES string of the molecule is CCCCCC1CCC(c2ccc(-c3ccc(C4CCC(C)CC4)cc3)c(CCO)c2)CC1. The van der Waals surface area contributed by atoms with Gasteiger partial charge < -0.3 is 5.11 Å². The van der Waals surface area contributed by atoms with Crippen molar-refractivity contribution in [1.82, 2.24) is 0 Å². The summed E-state index contributed by atoms with van der Waals surface area (Å²) in [5.41, 5.74) is 6.95. The number of aliphatic hydroxyl groups is 1. The maximum atomic E-state index is 9.77. The highest BCUT2D eigenvalue weighted by atomic mass is 16.2. The molecule has 2 fully saturated rings. The maximum absolute atomic E-state index is 9.77. The standard InChI is InChI=1S/C32H46O/c1-3-4-5-6-25-9-13-28(14-10-25)30-19-20-32(31(23-30)21-22-33)29-17-15-27(16-18-29)26-11-7-24(2)8-12-26/h15-20,23-26,28,33H,3-14,21-22H2,1-2H3. The Morgan fingerprint density at radius 2 is 1.39 bits per heavy atom. The zero-order valence-corrected chi connectivity index (χ0v) is 21.2. The average molecular weight is 447 g/mol. The fourth-order valence-corrected chi connectivity index (χ4v) is 6.47. The van der Waals surface area contributed by atoms with E-state index < -0.39 is 0 Å². The second-order valence-corrected chi connectivity index (χ2v) is 11.2. The molecule has 33 heavy (non-hydrogen) atoms. The van der Waals surface area contributed by atoms with Crippen molar-refractivity contribution < 1.29 is 5.11 Å². The van der Waals surface area contributed by atoms with Crippen LogP contribution in [-0.2, 0) is 6.42 Å². The molecule has 0 bridgehead atoms. The first-order valence-electron chi connectivity index (χ1n) is 14.0. The minimum absolute atomic E-state index is 0.221. The van der Waals surface area contributed by atoms with Gasteiger partial charge in [-0.1, -0.05) is 94.8 Å². The van der Waals surface area contributed by atoms with E-state index in [2.05, 4.69) is 56.3 Å². The lowest BCUT2D eigenvalue weighted by molar-refractivity contribution is 0.298. The second kappa shape index (κ2) is 12.2. The number of aliphatic hydroxyl groups excluding tert-OH is 1. The van der Waals surface area contributed by atoms with Gasteiger partial charge in [0.1, 0.15) is 0 Å². The first kappa shape index (κ1) is 24.5. The van der Waals surface area contributed by atoms with E-state index in [1.54, 1.807) is 0 Å². The molecule has 1 nitrogen and oxygen atoms in total. The topological polar surface area (TPSA) is 20.2 Å². The summed E-state index contributed by atoms with van der Waals surface area (Å²) in [7, 11) is 0. The molecule has 0 heterocycles. The summed E-state index contributed by atoms with van der Waals surface area (Å²) in [4.78, 5) is 0. The van der Waals surface area contributed by atoms with Crippen molar-refractivity contribution in [3.63, 3.8) is 0 Å². The molecule has 0 spiro atoms. The molecule has 4 rings (SSSR count). The highest BCUT2D eigenvalue weighted by Gasteiger charge is 2.23. The number of hydrogen-bond donors (Lipinski definition) is 1. The summed E-state index contributed by atoms with van der Waals surface area (Å²) < 4.78 is 0. The van der Waals surface area contributed by atoms with Crippen LogP contribution in [0.5, 0.6) is 0 Å². The van der Waals surface area contributed by atoms with Crippen LogP contribution in [-0.4, -0.2) is 11.7 Å². The molecular weight excluding hydrogens is 400 g/mol. The molecule has 2 aliphatic rings. The highest BCUT2D eigenvalue weighted by Crippen LogP contribution is 2.40. The largest absolute Gasteiger partial charge is 0.396 e. The van der Waals surface area contributed by atoms with E-state index in [9.17, 15) is 5.11 Å². The van der Waals surface area contributed by atoms with Crippen LogP contribution in [0.4, 0.5) is 0 Å². The lowest BCUT2D eigenvalue weighted by atomic mass is 9.76. The predicted octanol–water partition coefficient (Wildman–Crippen LogP) is 9.04. The van der Waals surface area contributed by atoms with Crippen LogP contribution >= 0.6 is 0 Å². The Kier molecular flexibility index (Phi) is 9.07. The minimum Gasteiger partial charge on any atom is -0.396 e. The first-order chi connectivity index (χ1) is 16.2. The monoisotopic (exact) mass is 446 g/mol. The van der Waals surface area contributed by atoms with E-state index >= 15 is 0 Å². The summed E-state index contributed by atoms with van der Waals surface area (Å²) in [6.07, 6.45) is 17.2. The summed E-state index contributed by atoms with van der Waals surface area (Å²) in [5, 5.41) is 9.77.